The Hall–Kier alpha value is -1.27. The van der Waals surface area contributed by atoms with Gasteiger partial charge in [-0.15, -0.1) is 11.3 Å². The molecule has 0 amide bonds. The average molecular weight is 249 g/mol. The molecule has 0 saturated heterocycles. The molecule has 3 rings (SSSR count). The molecule has 17 heavy (non-hydrogen) atoms. The summed E-state index contributed by atoms with van der Waals surface area (Å²) in [6.45, 7) is 2.63. The summed E-state index contributed by atoms with van der Waals surface area (Å²) in [5.74, 6) is 2.41. The molecular formula is C11H15N5S. The number of hydrogen-bond donors (Lipinski definition) is 2. The summed E-state index contributed by atoms with van der Waals surface area (Å²) in [5.41, 5.74) is 6.54. The first-order chi connectivity index (χ1) is 8.28. The van der Waals surface area contributed by atoms with Crippen molar-refractivity contribution in [2.24, 2.45) is 5.73 Å². The number of thiazole rings is 1. The molecule has 1 aliphatic rings. The summed E-state index contributed by atoms with van der Waals surface area (Å²) in [7, 11) is 0. The predicted octanol–water partition coefficient (Wildman–Crippen LogP) is 1.62. The average Bonchev–Trinajstić information content (AvgIpc) is 2.93. The van der Waals surface area contributed by atoms with E-state index in [2.05, 4.69) is 20.2 Å². The molecule has 1 fully saturated rings. The van der Waals surface area contributed by atoms with Crippen LogP contribution < -0.4 is 5.73 Å². The highest BCUT2D eigenvalue weighted by atomic mass is 32.1. The van der Waals surface area contributed by atoms with Crippen molar-refractivity contribution in [2.75, 3.05) is 6.54 Å². The third-order valence-electron chi connectivity index (χ3n) is 2.87. The molecule has 3 N–H and O–H groups in total. The fourth-order valence-electron chi connectivity index (χ4n) is 1.81. The molecule has 90 valence electrons. The lowest BCUT2D eigenvalue weighted by Gasteiger charge is -1.88. The van der Waals surface area contributed by atoms with Gasteiger partial charge in [-0.25, -0.2) is 9.97 Å². The maximum atomic E-state index is 5.54. The Morgan fingerprint density at radius 2 is 2.24 bits per heavy atom. The molecule has 0 atom stereocenters. The molecule has 1 aliphatic carbocycles. The Bertz CT molecular complexity index is 526. The lowest BCUT2D eigenvalue weighted by atomic mass is 10.3. The van der Waals surface area contributed by atoms with Gasteiger partial charge < -0.3 is 5.73 Å². The second-order valence-corrected chi connectivity index (χ2v) is 5.46. The molecule has 6 heteroatoms. The number of aromatic amines is 1. The van der Waals surface area contributed by atoms with Gasteiger partial charge >= 0.3 is 0 Å². The van der Waals surface area contributed by atoms with E-state index in [1.165, 1.54) is 12.8 Å². The number of rotatable bonds is 4. The number of hydrogen-bond acceptors (Lipinski definition) is 5. The Morgan fingerprint density at radius 1 is 1.41 bits per heavy atom. The number of nitrogens with zero attached hydrogens (tertiary/aromatic N) is 3. The van der Waals surface area contributed by atoms with E-state index in [9.17, 15) is 0 Å². The van der Waals surface area contributed by atoms with Gasteiger partial charge in [-0.05, 0) is 26.3 Å². The summed E-state index contributed by atoms with van der Waals surface area (Å²) in [4.78, 5) is 10.1. The Balaban J connectivity index is 1.90. The largest absolute Gasteiger partial charge is 0.330 e. The van der Waals surface area contributed by atoms with Gasteiger partial charge in [0.25, 0.3) is 0 Å². The van der Waals surface area contributed by atoms with E-state index in [0.717, 1.165) is 33.6 Å². The predicted molar refractivity (Wildman–Crippen MR) is 67.0 cm³/mol. The minimum Gasteiger partial charge on any atom is -0.330 e. The second-order valence-electron chi connectivity index (χ2n) is 4.38. The number of nitrogens with one attached hydrogen (secondary N) is 1. The first-order valence-electron chi connectivity index (χ1n) is 5.87. The van der Waals surface area contributed by atoms with E-state index in [-0.39, 0.29) is 0 Å². The first kappa shape index (κ1) is 10.9. The number of H-pyrrole nitrogens is 1. The van der Waals surface area contributed by atoms with Crippen LogP contribution in [0.15, 0.2) is 0 Å². The molecule has 2 aromatic rings. The monoisotopic (exact) mass is 249 g/mol. The van der Waals surface area contributed by atoms with Gasteiger partial charge in [0, 0.05) is 12.3 Å². The SMILES string of the molecule is Cc1nc(CCN)sc1-c1n[nH]c(C2CC2)n1. The van der Waals surface area contributed by atoms with E-state index in [4.69, 9.17) is 5.73 Å². The van der Waals surface area contributed by atoms with E-state index in [1.54, 1.807) is 11.3 Å². The van der Waals surface area contributed by atoms with Crippen LogP contribution in [0.5, 0.6) is 0 Å². The molecule has 2 aromatic heterocycles. The number of aromatic nitrogens is 4. The smallest absolute Gasteiger partial charge is 0.193 e. The molecule has 0 spiro atoms. The highest BCUT2D eigenvalue weighted by Gasteiger charge is 2.27. The fourth-order valence-corrected chi connectivity index (χ4v) is 2.82. The third kappa shape index (κ3) is 2.10. The summed E-state index contributed by atoms with van der Waals surface area (Å²) < 4.78 is 0. The van der Waals surface area contributed by atoms with Crippen molar-refractivity contribution in [3.05, 3.63) is 16.5 Å². The van der Waals surface area contributed by atoms with Crippen LogP contribution >= 0.6 is 11.3 Å². The quantitative estimate of drug-likeness (QED) is 0.862. The standard InChI is InChI=1S/C11H15N5S/c1-6-9(17-8(13-6)4-5-12)11-14-10(15-16-11)7-2-3-7/h7H,2-5,12H2,1H3,(H,14,15,16). The van der Waals surface area contributed by atoms with Crippen LogP contribution in [0.3, 0.4) is 0 Å². The van der Waals surface area contributed by atoms with Gasteiger partial charge in [0.05, 0.1) is 15.6 Å². The molecule has 0 aromatic carbocycles. The maximum Gasteiger partial charge on any atom is 0.193 e. The Kier molecular flexibility index (Phi) is 2.68. The topological polar surface area (TPSA) is 80.5 Å². The van der Waals surface area contributed by atoms with E-state index in [1.807, 2.05) is 6.92 Å². The highest BCUT2D eigenvalue weighted by molar-refractivity contribution is 7.15. The van der Waals surface area contributed by atoms with Crippen LogP contribution in [0, 0.1) is 6.92 Å². The van der Waals surface area contributed by atoms with Gasteiger partial charge in [0.15, 0.2) is 5.82 Å². The maximum absolute atomic E-state index is 5.54. The second kappa shape index (κ2) is 4.19. The Labute approximate surface area is 103 Å². The molecular weight excluding hydrogens is 234 g/mol. The molecule has 0 aliphatic heterocycles. The van der Waals surface area contributed by atoms with Gasteiger partial charge in [0.1, 0.15) is 5.82 Å². The zero-order chi connectivity index (χ0) is 11.8. The highest BCUT2D eigenvalue weighted by Crippen LogP contribution is 2.39. The van der Waals surface area contributed by atoms with E-state index >= 15 is 0 Å². The van der Waals surface area contributed by atoms with Crippen molar-refractivity contribution >= 4 is 11.3 Å². The van der Waals surface area contributed by atoms with E-state index in [0.29, 0.717) is 12.5 Å². The Morgan fingerprint density at radius 3 is 2.94 bits per heavy atom. The lowest BCUT2D eigenvalue weighted by Crippen LogP contribution is -2.01. The molecule has 5 nitrogen and oxygen atoms in total. The molecule has 2 heterocycles. The number of aryl methyl sites for hydroxylation is 1. The van der Waals surface area contributed by atoms with Gasteiger partial charge in [-0.3, -0.25) is 5.10 Å². The first-order valence-corrected chi connectivity index (χ1v) is 6.68. The van der Waals surface area contributed by atoms with Gasteiger partial charge in [-0.2, -0.15) is 5.10 Å². The number of nitrogens with two attached hydrogens (primary N) is 1. The summed E-state index contributed by atoms with van der Waals surface area (Å²) in [6.07, 6.45) is 3.29. The van der Waals surface area contributed by atoms with Crippen LogP contribution in [-0.4, -0.2) is 26.7 Å². The van der Waals surface area contributed by atoms with Crippen LogP contribution in [0.2, 0.25) is 0 Å². The van der Waals surface area contributed by atoms with Crippen molar-refractivity contribution in [1.29, 1.82) is 0 Å². The van der Waals surface area contributed by atoms with Crippen molar-refractivity contribution in [3.8, 4) is 10.7 Å². The van der Waals surface area contributed by atoms with E-state index < -0.39 is 0 Å². The molecule has 0 bridgehead atoms. The normalized spacial score (nSPS) is 15.4. The summed E-state index contributed by atoms with van der Waals surface area (Å²) >= 11 is 1.65. The third-order valence-corrected chi connectivity index (χ3v) is 4.08. The molecule has 1 saturated carbocycles. The molecule has 0 unspecified atom stereocenters. The molecule has 0 radical (unpaired) electrons. The van der Waals surface area contributed by atoms with Crippen molar-refractivity contribution in [2.45, 2.75) is 32.1 Å². The van der Waals surface area contributed by atoms with Crippen molar-refractivity contribution < 1.29 is 0 Å². The van der Waals surface area contributed by atoms with Crippen LogP contribution in [-0.2, 0) is 6.42 Å². The van der Waals surface area contributed by atoms with Crippen molar-refractivity contribution in [3.63, 3.8) is 0 Å². The lowest BCUT2D eigenvalue weighted by molar-refractivity contribution is 0.935. The van der Waals surface area contributed by atoms with Gasteiger partial charge in [-0.1, -0.05) is 0 Å². The van der Waals surface area contributed by atoms with Crippen LogP contribution in [0.25, 0.3) is 10.7 Å². The van der Waals surface area contributed by atoms with Crippen molar-refractivity contribution in [1.82, 2.24) is 20.2 Å². The minimum absolute atomic E-state index is 0.605. The summed E-state index contributed by atoms with van der Waals surface area (Å²) in [6, 6.07) is 0. The zero-order valence-electron chi connectivity index (χ0n) is 9.73. The van der Waals surface area contributed by atoms with Crippen LogP contribution in [0.4, 0.5) is 0 Å². The van der Waals surface area contributed by atoms with Crippen LogP contribution in [0.1, 0.15) is 35.3 Å². The van der Waals surface area contributed by atoms with Gasteiger partial charge in [0.2, 0.25) is 0 Å². The fraction of sp³-hybridized carbons (Fsp3) is 0.545. The minimum atomic E-state index is 0.605. The summed E-state index contributed by atoms with van der Waals surface area (Å²) in [5, 5.41) is 8.38. The zero-order valence-corrected chi connectivity index (χ0v) is 10.5.